The van der Waals surface area contributed by atoms with E-state index in [9.17, 15) is 4.79 Å². The summed E-state index contributed by atoms with van der Waals surface area (Å²) in [6, 6.07) is 9.88. The molecule has 2 aliphatic rings. The van der Waals surface area contributed by atoms with E-state index in [1.165, 1.54) is 30.5 Å². The molecule has 2 heteroatoms. The van der Waals surface area contributed by atoms with E-state index in [1.807, 2.05) is 0 Å². The van der Waals surface area contributed by atoms with Crippen molar-refractivity contribution in [3.8, 4) is 0 Å². The summed E-state index contributed by atoms with van der Waals surface area (Å²) in [4.78, 5) is 14.3. The molecule has 19 heavy (non-hydrogen) atoms. The highest BCUT2D eigenvalue weighted by atomic mass is 16.1. The SMILES string of the molecule is CC(C)c1ccc(N2C3CCCC2CC(=O)C3)cc1. The van der Waals surface area contributed by atoms with Crippen LogP contribution >= 0.6 is 0 Å². The Morgan fingerprint density at radius 1 is 1.05 bits per heavy atom. The number of rotatable bonds is 2. The summed E-state index contributed by atoms with van der Waals surface area (Å²) in [5.41, 5.74) is 2.70. The van der Waals surface area contributed by atoms with Crippen molar-refractivity contribution in [1.29, 1.82) is 0 Å². The molecule has 2 saturated heterocycles. The number of anilines is 1. The average molecular weight is 257 g/mol. The normalized spacial score (nSPS) is 26.9. The second-order valence-corrected chi connectivity index (χ2v) is 6.34. The van der Waals surface area contributed by atoms with Crippen molar-refractivity contribution in [1.82, 2.24) is 0 Å². The molecule has 2 nitrogen and oxygen atoms in total. The number of benzene rings is 1. The van der Waals surface area contributed by atoms with Gasteiger partial charge in [-0.25, -0.2) is 0 Å². The van der Waals surface area contributed by atoms with Crippen LogP contribution in [0.1, 0.15) is 57.4 Å². The van der Waals surface area contributed by atoms with E-state index in [1.54, 1.807) is 0 Å². The molecule has 0 aliphatic carbocycles. The lowest BCUT2D eigenvalue weighted by Crippen LogP contribution is -2.52. The van der Waals surface area contributed by atoms with Crippen LogP contribution in [-0.4, -0.2) is 17.9 Å². The van der Waals surface area contributed by atoms with Gasteiger partial charge in [-0.15, -0.1) is 0 Å². The average Bonchev–Trinajstić information content (AvgIpc) is 2.37. The molecule has 1 aromatic rings. The Morgan fingerprint density at radius 2 is 1.63 bits per heavy atom. The second-order valence-electron chi connectivity index (χ2n) is 6.34. The molecule has 0 spiro atoms. The summed E-state index contributed by atoms with van der Waals surface area (Å²) in [6.45, 7) is 4.45. The Balaban J connectivity index is 1.86. The standard InChI is InChI=1S/C17H23NO/c1-12(2)13-6-8-14(9-7-13)18-15-4-3-5-16(18)11-17(19)10-15/h6-9,12,15-16H,3-5,10-11H2,1-2H3. The van der Waals surface area contributed by atoms with Crippen LogP contribution in [0, 0.1) is 0 Å². The van der Waals surface area contributed by atoms with Gasteiger partial charge in [0.1, 0.15) is 5.78 Å². The maximum absolute atomic E-state index is 11.8. The van der Waals surface area contributed by atoms with E-state index in [4.69, 9.17) is 0 Å². The minimum absolute atomic E-state index is 0.449. The molecule has 2 bridgehead atoms. The van der Waals surface area contributed by atoms with Crippen LogP contribution < -0.4 is 4.90 Å². The first kappa shape index (κ1) is 12.7. The van der Waals surface area contributed by atoms with Crippen molar-refractivity contribution < 1.29 is 4.79 Å². The van der Waals surface area contributed by atoms with Gasteiger partial charge in [0.2, 0.25) is 0 Å². The Hall–Kier alpha value is -1.31. The monoisotopic (exact) mass is 257 g/mol. The molecule has 102 valence electrons. The van der Waals surface area contributed by atoms with E-state index >= 15 is 0 Å². The number of ketones is 1. The van der Waals surface area contributed by atoms with Gasteiger partial charge in [0.05, 0.1) is 0 Å². The predicted molar refractivity (Wildman–Crippen MR) is 78.7 cm³/mol. The summed E-state index contributed by atoms with van der Waals surface area (Å²) in [7, 11) is 0. The first-order chi connectivity index (χ1) is 9.15. The second kappa shape index (κ2) is 4.99. The predicted octanol–water partition coefficient (Wildman–Crippen LogP) is 3.90. The molecule has 2 atom stereocenters. The van der Waals surface area contributed by atoms with Crippen LogP contribution in [-0.2, 0) is 4.79 Å². The minimum atomic E-state index is 0.449. The van der Waals surface area contributed by atoms with Crippen LogP contribution in [0.25, 0.3) is 0 Å². The highest BCUT2D eigenvalue weighted by Crippen LogP contribution is 2.36. The fourth-order valence-corrected chi connectivity index (χ4v) is 3.63. The smallest absolute Gasteiger partial charge is 0.137 e. The third-order valence-electron chi connectivity index (χ3n) is 4.65. The van der Waals surface area contributed by atoms with E-state index in [0.29, 0.717) is 23.8 Å². The lowest BCUT2D eigenvalue weighted by molar-refractivity contribution is -0.121. The molecule has 3 rings (SSSR count). The molecule has 0 amide bonds. The zero-order valence-electron chi connectivity index (χ0n) is 11.9. The van der Waals surface area contributed by atoms with Crippen molar-refractivity contribution in [2.24, 2.45) is 0 Å². The number of fused-ring (bicyclic) bond motifs is 2. The summed E-state index contributed by atoms with van der Waals surface area (Å²) in [5, 5.41) is 0. The minimum Gasteiger partial charge on any atom is -0.365 e. The zero-order chi connectivity index (χ0) is 13.4. The Morgan fingerprint density at radius 3 is 2.16 bits per heavy atom. The molecule has 0 N–H and O–H groups in total. The van der Waals surface area contributed by atoms with Gasteiger partial charge in [-0.05, 0) is 42.9 Å². The lowest BCUT2D eigenvalue weighted by atomic mass is 9.83. The Labute approximate surface area is 115 Å². The topological polar surface area (TPSA) is 20.3 Å². The van der Waals surface area contributed by atoms with Gasteiger partial charge in [-0.1, -0.05) is 26.0 Å². The van der Waals surface area contributed by atoms with Gasteiger partial charge in [-0.2, -0.15) is 0 Å². The first-order valence-electron chi connectivity index (χ1n) is 7.55. The maximum Gasteiger partial charge on any atom is 0.137 e. The number of hydrogen-bond acceptors (Lipinski definition) is 2. The van der Waals surface area contributed by atoms with Gasteiger partial charge in [0.25, 0.3) is 0 Å². The quantitative estimate of drug-likeness (QED) is 0.801. The molecule has 0 saturated carbocycles. The Bertz CT molecular complexity index is 447. The number of nitrogens with zero attached hydrogens (tertiary/aromatic N) is 1. The zero-order valence-corrected chi connectivity index (χ0v) is 11.9. The van der Waals surface area contributed by atoms with Gasteiger partial charge < -0.3 is 4.90 Å². The lowest BCUT2D eigenvalue weighted by Gasteiger charge is -2.47. The van der Waals surface area contributed by atoms with Crippen molar-refractivity contribution in [3.05, 3.63) is 29.8 Å². The van der Waals surface area contributed by atoms with E-state index < -0.39 is 0 Å². The summed E-state index contributed by atoms with van der Waals surface area (Å²) < 4.78 is 0. The summed E-state index contributed by atoms with van der Waals surface area (Å²) in [6.07, 6.45) is 5.14. The Kier molecular flexibility index (Phi) is 3.34. The number of hydrogen-bond donors (Lipinski definition) is 0. The van der Waals surface area contributed by atoms with Gasteiger partial charge in [0, 0.05) is 30.6 Å². The van der Waals surface area contributed by atoms with E-state index in [-0.39, 0.29) is 0 Å². The van der Waals surface area contributed by atoms with Crippen LogP contribution in [0.5, 0.6) is 0 Å². The van der Waals surface area contributed by atoms with Crippen molar-refractivity contribution >= 4 is 11.5 Å². The number of carbonyl (C=O) groups excluding carboxylic acids is 1. The fraction of sp³-hybridized carbons (Fsp3) is 0.588. The van der Waals surface area contributed by atoms with Gasteiger partial charge in [0.15, 0.2) is 0 Å². The van der Waals surface area contributed by atoms with E-state index in [0.717, 1.165) is 12.8 Å². The number of piperidine rings is 2. The number of carbonyl (C=O) groups is 1. The number of Topliss-reactive ketones (excluding diaryl/α,β-unsaturated/α-hetero) is 1. The molecule has 0 radical (unpaired) electrons. The molecule has 2 unspecified atom stereocenters. The van der Waals surface area contributed by atoms with Gasteiger partial charge in [-0.3, -0.25) is 4.79 Å². The highest BCUT2D eigenvalue weighted by Gasteiger charge is 2.37. The first-order valence-corrected chi connectivity index (χ1v) is 7.55. The molecule has 2 aliphatic heterocycles. The molecule has 2 heterocycles. The largest absolute Gasteiger partial charge is 0.365 e. The molecular weight excluding hydrogens is 234 g/mol. The van der Waals surface area contributed by atoms with Crippen LogP contribution in [0.15, 0.2) is 24.3 Å². The third kappa shape index (κ3) is 2.41. The third-order valence-corrected chi connectivity index (χ3v) is 4.65. The molecule has 0 aromatic heterocycles. The molecule has 2 fully saturated rings. The highest BCUT2D eigenvalue weighted by molar-refractivity contribution is 5.82. The van der Waals surface area contributed by atoms with Crippen molar-refractivity contribution in [2.45, 2.75) is 64.0 Å². The summed E-state index contributed by atoms with van der Waals surface area (Å²) >= 11 is 0. The van der Waals surface area contributed by atoms with Crippen molar-refractivity contribution in [3.63, 3.8) is 0 Å². The summed E-state index contributed by atoms with van der Waals surface area (Å²) in [5.74, 6) is 1.04. The van der Waals surface area contributed by atoms with Gasteiger partial charge >= 0.3 is 0 Å². The maximum atomic E-state index is 11.8. The van der Waals surface area contributed by atoms with E-state index in [2.05, 4.69) is 43.0 Å². The molecular formula is C17H23NO. The van der Waals surface area contributed by atoms with Crippen LogP contribution in [0.2, 0.25) is 0 Å². The van der Waals surface area contributed by atoms with Crippen LogP contribution in [0.4, 0.5) is 5.69 Å². The van der Waals surface area contributed by atoms with Crippen LogP contribution in [0.3, 0.4) is 0 Å². The fourth-order valence-electron chi connectivity index (χ4n) is 3.63. The van der Waals surface area contributed by atoms with Crippen molar-refractivity contribution in [2.75, 3.05) is 4.90 Å². The molecule has 1 aromatic carbocycles.